The topological polar surface area (TPSA) is 64.1 Å². The van der Waals surface area contributed by atoms with Crippen molar-refractivity contribution in [2.45, 2.75) is 26.2 Å². The molecule has 0 spiro atoms. The number of carbonyl (C=O) groups is 1. The fraction of sp³-hybridized carbons (Fsp3) is 0.312. The lowest BCUT2D eigenvalue weighted by Gasteiger charge is -2.04. The zero-order chi connectivity index (χ0) is 15.8. The van der Waals surface area contributed by atoms with E-state index < -0.39 is 0 Å². The van der Waals surface area contributed by atoms with Crippen molar-refractivity contribution in [3.63, 3.8) is 0 Å². The summed E-state index contributed by atoms with van der Waals surface area (Å²) >= 11 is 1.42. The third-order valence-electron chi connectivity index (χ3n) is 2.92. The summed E-state index contributed by atoms with van der Waals surface area (Å²) in [7, 11) is 0. The minimum absolute atomic E-state index is 0.200. The molecule has 22 heavy (non-hydrogen) atoms. The van der Waals surface area contributed by atoms with Crippen LogP contribution in [0.2, 0.25) is 0 Å². The molecule has 2 aromatic rings. The Balaban J connectivity index is 1.93. The summed E-state index contributed by atoms with van der Waals surface area (Å²) in [4.78, 5) is 12.1. The van der Waals surface area contributed by atoms with Crippen molar-refractivity contribution in [2.24, 2.45) is 0 Å². The molecule has 0 saturated heterocycles. The molecule has 1 heterocycles. The first-order valence-corrected chi connectivity index (χ1v) is 8.02. The van der Waals surface area contributed by atoms with Gasteiger partial charge in [0.15, 0.2) is 0 Å². The standard InChI is InChI=1S/C16H19N3O2S/c1-3-5-6-14-18-19-16(22-14)17-15(20)12-7-9-13(10-8-12)21-11-4-2/h4,7-10H,2-3,5-6,11H2,1H3,(H,17,19,20). The van der Waals surface area contributed by atoms with E-state index in [0.29, 0.717) is 23.1 Å². The van der Waals surface area contributed by atoms with Gasteiger partial charge in [0.1, 0.15) is 17.4 Å². The Morgan fingerprint density at radius 2 is 2.14 bits per heavy atom. The van der Waals surface area contributed by atoms with Crippen molar-refractivity contribution in [3.8, 4) is 5.75 Å². The van der Waals surface area contributed by atoms with Crippen LogP contribution in [-0.4, -0.2) is 22.7 Å². The van der Waals surface area contributed by atoms with Crippen LogP contribution in [0, 0.1) is 0 Å². The van der Waals surface area contributed by atoms with Gasteiger partial charge in [-0.2, -0.15) is 0 Å². The van der Waals surface area contributed by atoms with Gasteiger partial charge in [-0.05, 0) is 30.7 Å². The number of aryl methyl sites for hydroxylation is 1. The molecule has 6 heteroatoms. The van der Waals surface area contributed by atoms with Crippen LogP contribution in [0.15, 0.2) is 36.9 Å². The molecule has 0 aliphatic carbocycles. The maximum atomic E-state index is 12.1. The third kappa shape index (κ3) is 4.66. The van der Waals surface area contributed by atoms with Crippen LogP contribution >= 0.6 is 11.3 Å². The van der Waals surface area contributed by atoms with Crippen molar-refractivity contribution < 1.29 is 9.53 Å². The summed E-state index contributed by atoms with van der Waals surface area (Å²) in [5.74, 6) is 0.502. The van der Waals surface area contributed by atoms with Gasteiger partial charge in [0.25, 0.3) is 5.91 Å². The number of nitrogens with zero attached hydrogens (tertiary/aromatic N) is 2. The monoisotopic (exact) mass is 317 g/mol. The molecule has 0 unspecified atom stereocenters. The SMILES string of the molecule is C=CCOc1ccc(C(=O)Nc2nnc(CCCC)s2)cc1. The van der Waals surface area contributed by atoms with Crippen LogP contribution in [-0.2, 0) is 6.42 Å². The van der Waals surface area contributed by atoms with E-state index in [1.807, 2.05) is 0 Å². The quantitative estimate of drug-likeness (QED) is 0.754. The predicted octanol–water partition coefficient (Wildman–Crippen LogP) is 3.70. The van der Waals surface area contributed by atoms with Gasteiger partial charge in [-0.25, -0.2) is 0 Å². The number of amides is 1. The van der Waals surface area contributed by atoms with Crippen molar-refractivity contribution in [1.29, 1.82) is 0 Å². The number of carbonyl (C=O) groups excluding carboxylic acids is 1. The van der Waals surface area contributed by atoms with Gasteiger partial charge in [-0.15, -0.1) is 10.2 Å². The maximum absolute atomic E-state index is 12.1. The second kappa shape index (κ2) is 8.29. The van der Waals surface area contributed by atoms with Gasteiger partial charge in [0.05, 0.1) is 0 Å². The molecule has 0 saturated carbocycles. The molecule has 1 aromatic heterocycles. The number of aromatic nitrogens is 2. The van der Waals surface area contributed by atoms with Crippen LogP contribution in [0.5, 0.6) is 5.75 Å². The molecule has 0 aliphatic rings. The van der Waals surface area contributed by atoms with Gasteiger partial charge >= 0.3 is 0 Å². The lowest BCUT2D eigenvalue weighted by Crippen LogP contribution is -2.11. The molecule has 0 radical (unpaired) electrons. The molecule has 2 rings (SSSR count). The highest BCUT2D eigenvalue weighted by Crippen LogP contribution is 2.19. The smallest absolute Gasteiger partial charge is 0.257 e. The Bertz CT molecular complexity index is 623. The van der Waals surface area contributed by atoms with Gasteiger partial charge in [0, 0.05) is 12.0 Å². The molecule has 0 atom stereocenters. The highest BCUT2D eigenvalue weighted by atomic mass is 32.1. The first kappa shape index (κ1) is 16.2. The third-order valence-corrected chi connectivity index (χ3v) is 3.81. The largest absolute Gasteiger partial charge is 0.490 e. The summed E-state index contributed by atoms with van der Waals surface area (Å²) in [6.45, 7) is 6.16. The van der Waals surface area contributed by atoms with Crippen LogP contribution in [0.1, 0.15) is 35.1 Å². The molecular formula is C16H19N3O2S. The average molecular weight is 317 g/mol. The highest BCUT2D eigenvalue weighted by Gasteiger charge is 2.10. The Kier molecular flexibility index (Phi) is 6.09. The van der Waals surface area contributed by atoms with Crippen LogP contribution < -0.4 is 10.1 Å². The van der Waals surface area contributed by atoms with Crippen molar-refractivity contribution in [3.05, 3.63) is 47.5 Å². The minimum Gasteiger partial charge on any atom is -0.490 e. The summed E-state index contributed by atoms with van der Waals surface area (Å²) in [6.07, 6.45) is 4.77. The van der Waals surface area contributed by atoms with Crippen molar-refractivity contribution in [2.75, 3.05) is 11.9 Å². The molecular weight excluding hydrogens is 298 g/mol. The molecule has 0 fully saturated rings. The first-order valence-electron chi connectivity index (χ1n) is 7.20. The first-order chi connectivity index (χ1) is 10.7. The average Bonchev–Trinajstić information content (AvgIpc) is 2.98. The van der Waals surface area contributed by atoms with E-state index in [-0.39, 0.29) is 5.91 Å². The second-order valence-electron chi connectivity index (χ2n) is 4.68. The number of hydrogen-bond donors (Lipinski definition) is 1. The lowest BCUT2D eigenvalue weighted by molar-refractivity contribution is 0.102. The van der Waals surface area contributed by atoms with E-state index >= 15 is 0 Å². The van der Waals surface area contributed by atoms with Gasteiger partial charge < -0.3 is 4.74 Å². The number of unbranched alkanes of at least 4 members (excludes halogenated alkanes) is 1. The Hall–Kier alpha value is -2.21. The molecule has 0 bridgehead atoms. The number of ether oxygens (including phenoxy) is 1. The normalized spacial score (nSPS) is 10.2. The Morgan fingerprint density at radius 3 is 2.82 bits per heavy atom. The summed E-state index contributed by atoms with van der Waals surface area (Å²) in [5.41, 5.74) is 0.552. The zero-order valence-electron chi connectivity index (χ0n) is 12.5. The second-order valence-corrected chi connectivity index (χ2v) is 5.74. The summed E-state index contributed by atoms with van der Waals surface area (Å²) in [5, 5.41) is 12.3. The molecule has 0 aliphatic heterocycles. The zero-order valence-corrected chi connectivity index (χ0v) is 13.4. The Labute approximate surface area is 134 Å². The lowest BCUT2D eigenvalue weighted by atomic mass is 10.2. The Morgan fingerprint density at radius 1 is 1.36 bits per heavy atom. The van der Waals surface area contributed by atoms with Crippen LogP contribution in [0.3, 0.4) is 0 Å². The van der Waals surface area contributed by atoms with Crippen molar-refractivity contribution in [1.82, 2.24) is 10.2 Å². The molecule has 5 nitrogen and oxygen atoms in total. The van der Waals surface area contributed by atoms with E-state index in [1.165, 1.54) is 11.3 Å². The van der Waals surface area contributed by atoms with Crippen molar-refractivity contribution >= 4 is 22.4 Å². The highest BCUT2D eigenvalue weighted by molar-refractivity contribution is 7.15. The fourth-order valence-corrected chi connectivity index (χ4v) is 2.54. The van der Waals surface area contributed by atoms with Gasteiger partial charge in [-0.1, -0.05) is 37.3 Å². The van der Waals surface area contributed by atoms with E-state index in [4.69, 9.17) is 4.74 Å². The molecule has 1 aromatic carbocycles. The predicted molar refractivity (Wildman–Crippen MR) is 88.6 cm³/mol. The van der Waals surface area contributed by atoms with E-state index in [1.54, 1.807) is 30.3 Å². The fourth-order valence-electron chi connectivity index (χ4n) is 1.76. The molecule has 116 valence electrons. The number of hydrogen-bond acceptors (Lipinski definition) is 5. The number of rotatable bonds is 8. The van der Waals surface area contributed by atoms with E-state index in [0.717, 1.165) is 24.3 Å². The maximum Gasteiger partial charge on any atom is 0.257 e. The number of anilines is 1. The van der Waals surface area contributed by atoms with Crippen LogP contribution in [0.4, 0.5) is 5.13 Å². The van der Waals surface area contributed by atoms with Crippen LogP contribution in [0.25, 0.3) is 0 Å². The number of benzene rings is 1. The van der Waals surface area contributed by atoms with Gasteiger partial charge in [0.2, 0.25) is 5.13 Å². The van der Waals surface area contributed by atoms with E-state index in [2.05, 4.69) is 29.0 Å². The summed E-state index contributed by atoms with van der Waals surface area (Å²) in [6, 6.07) is 6.94. The van der Waals surface area contributed by atoms with E-state index in [9.17, 15) is 4.79 Å². The minimum atomic E-state index is -0.200. The molecule has 1 amide bonds. The summed E-state index contributed by atoms with van der Waals surface area (Å²) < 4.78 is 5.38. The molecule has 1 N–H and O–H groups in total. The number of nitrogens with one attached hydrogen (secondary N) is 1. The van der Waals surface area contributed by atoms with Gasteiger partial charge in [-0.3, -0.25) is 10.1 Å².